The first-order chi connectivity index (χ1) is 69.8. The molecule has 0 saturated carbocycles. The van der Waals surface area contributed by atoms with E-state index in [0.717, 1.165) is 166 Å². The van der Waals surface area contributed by atoms with Crippen LogP contribution in [0.25, 0.3) is 0 Å². The van der Waals surface area contributed by atoms with Crippen molar-refractivity contribution in [2.24, 2.45) is 88.8 Å². The number of aliphatic carboxylic acids is 1. The standard InChI is InChI=1S/C11H22O2.2C10H20O2.3C9H18O2.3C8H16O2.C8H16O.2C7H14O2.2C6H12O2.C6H12O/c1-4-5-9-13-11(12)8-6-7-10(2)3;1-4-8-12-10(11)7-5-6-9(2)3;1-4-5-8-12-10(11)7-6-9(2)3;1-4-11-9(10)7-5-6-8(2)3;1-4-7-11-9(10)6-5-8(2)3;1-4-5-6-11-9(10)7-8(2)3;1-7(2)5-4-6-8(9)10-3;1-4-10-8(9)6-5-7(2)3;1-4-5-10-8(9)6-7(2)3;1-7(2)5-4-6-8(3)9;1-6(2)4-5-7(8)9-3;1-4-9-7(8)5-6(2)3;1-5(2)4-6(7)8-3;1-5(2)3-4-6(7)8;1-5(2)4-6(3)7/h10H,4-9H2,1-3H3;2*9H,4-8H2,1-3H3;3*8H,4-7H2,1-3H3;3*7H,4-6H2,1-3H3;7H,4-6H2,1-3H3;2*6H,4-5H2,1-3H3;5H,4H2,1-3H3;5H,3-4H2,1-2H3,(H,7,8);5H,4H2,1-3H3. The molecule has 0 aliphatic heterocycles. The molecule has 28 nitrogen and oxygen atoms in total. The Bertz CT molecular complexity index is 2980. The molecule has 0 saturated heterocycles. The maximum Gasteiger partial charge on any atom is 0.306 e. The number of carboxylic acids is 1. The number of methoxy groups -OCH3 is 3. The highest BCUT2D eigenvalue weighted by molar-refractivity contribution is 5.76. The second kappa shape index (κ2) is 138. The number of carboxylic acid groups (broad SMARTS) is 1. The van der Waals surface area contributed by atoms with Crippen molar-refractivity contribution in [2.75, 3.05) is 80.8 Å². The summed E-state index contributed by atoms with van der Waals surface area (Å²) in [6.45, 7) is 88.5. The number of hydrogen-bond donors (Lipinski definition) is 1. The molecule has 0 fully saturated rings. The van der Waals surface area contributed by atoms with Gasteiger partial charge in [0.25, 0.3) is 0 Å². The van der Waals surface area contributed by atoms with Gasteiger partial charge in [-0.05, 0) is 226 Å². The zero-order valence-corrected chi connectivity index (χ0v) is 106. The molecule has 0 atom stereocenters. The number of Topliss-reactive ketones (excluding diaryl/α,β-unsaturated/α-hetero) is 2. The third kappa shape index (κ3) is 228. The third-order valence-electron chi connectivity index (χ3n) is 18.9. The molecule has 1 N–H and O–H groups in total. The Morgan fingerprint density at radius 3 is 0.547 bits per heavy atom. The van der Waals surface area contributed by atoms with E-state index in [1.807, 2.05) is 125 Å². The van der Waals surface area contributed by atoms with Gasteiger partial charge in [-0.25, -0.2) is 0 Å². The number of hydrogen-bond acceptors (Lipinski definition) is 27. The molecule has 0 radical (unpaired) electrons. The first kappa shape index (κ1) is 175. The molecule has 0 unspecified atom stereocenters. The van der Waals surface area contributed by atoms with Crippen LogP contribution in [-0.2, 0) is 129 Å². The van der Waals surface area contributed by atoms with Crippen LogP contribution in [0.2, 0.25) is 0 Å². The lowest BCUT2D eigenvalue weighted by Gasteiger charge is -2.05. The summed E-state index contributed by atoms with van der Waals surface area (Å²) in [7, 11) is 4.26. The molecule has 0 bridgehead atoms. The normalized spacial score (nSPS) is 10.1. The fraction of sp³-hybridized carbons (Fsp3) is 0.877. The number of carbonyl (C=O) groups is 15. The van der Waals surface area contributed by atoms with E-state index in [-0.39, 0.29) is 77.4 Å². The molecule has 28 heteroatoms. The maximum atomic E-state index is 11.1. The molecular formula is C122H244O28. The van der Waals surface area contributed by atoms with Crippen molar-refractivity contribution in [1.29, 1.82) is 0 Å². The van der Waals surface area contributed by atoms with E-state index >= 15 is 0 Å². The quantitative estimate of drug-likeness (QED) is 0.0336. The molecule has 0 spiro atoms. The highest BCUT2D eigenvalue weighted by Crippen LogP contribution is 2.15. The van der Waals surface area contributed by atoms with Crippen LogP contribution in [0.15, 0.2) is 0 Å². The number of carbonyl (C=O) groups excluding carboxylic acids is 14. The summed E-state index contributed by atoms with van der Waals surface area (Å²) in [5.74, 6) is 7.52. The Morgan fingerprint density at radius 2 is 0.353 bits per heavy atom. The van der Waals surface area contributed by atoms with Gasteiger partial charge in [-0.1, -0.05) is 301 Å². The van der Waals surface area contributed by atoms with E-state index < -0.39 is 5.97 Å². The van der Waals surface area contributed by atoms with Crippen molar-refractivity contribution in [1.82, 2.24) is 0 Å². The van der Waals surface area contributed by atoms with Crippen LogP contribution in [0.4, 0.5) is 0 Å². The summed E-state index contributed by atoms with van der Waals surface area (Å²) in [5, 5.41) is 8.16. The van der Waals surface area contributed by atoms with Crippen LogP contribution in [-0.4, -0.2) is 175 Å². The molecular weight excluding hydrogens is 1910 g/mol. The van der Waals surface area contributed by atoms with Gasteiger partial charge in [0.15, 0.2) is 0 Å². The van der Waals surface area contributed by atoms with Crippen molar-refractivity contribution in [3.05, 3.63) is 0 Å². The first-order valence-corrected chi connectivity index (χ1v) is 57.7. The lowest BCUT2D eigenvalue weighted by Crippen LogP contribution is -2.08. The zero-order valence-electron chi connectivity index (χ0n) is 106. The van der Waals surface area contributed by atoms with Crippen LogP contribution >= 0.6 is 0 Å². The van der Waals surface area contributed by atoms with Gasteiger partial charge in [0.1, 0.15) is 11.6 Å². The maximum absolute atomic E-state index is 11.1. The van der Waals surface area contributed by atoms with Gasteiger partial charge in [-0.3, -0.25) is 62.3 Å². The molecule has 0 aromatic rings. The summed E-state index contributed by atoms with van der Waals surface area (Å²) in [6, 6.07) is 0. The van der Waals surface area contributed by atoms with Gasteiger partial charge in [-0.15, -0.1) is 0 Å². The van der Waals surface area contributed by atoms with Crippen LogP contribution in [0.1, 0.15) is 534 Å². The highest BCUT2D eigenvalue weighted by Gasteiger charge is 2.13. The van der Waals surface area contributed by atoms with E-state index in [2.05, 4.69) is 160 Å². The SMILES string of the molecule is CC(=O)CC(C)C.CC(=O)CCCC(C)C.CC(C)CCC(=O)O.CCCCOC(=O)CC(C)C.CCCCOC(=O)CCC(C)C.CCCCOC(=O)CCCC(C)C.CCCOC(=O)CC(C)C.CCCOC(=O)CCC(C)C.CCCOC(=O)CCCC(C)C.CCOC(=O)CC(C)C.CCOC(=O)CCC(C)C.CCOC(=O)CCCC(C)C.COC(=O)CC(C)C.COC(=O)CCC(C)C.COC(=O)CCCC(C)C. The number of ether oxygens (including phenoxy) is 12. The second-order valence-corrected chi connectivity index (χ2v) is 43.4. The van der Waals surface area contributed by atoms with E-state index in [1.165, 1.54) is 27.8 Å². The molecule has 150 heavy (non-hydrogen) atoms. The average Bonchev–Trinajstić information content (AvgIpc) is 1.03. The summed E-state index contributed by atoms with van der Waals surface area (Å²) < 4.78 is 57.3. The average molecular weight is 2160 g/mol. The molecule has 0 heterocycles. The summed E-state index contributed by atoms with van der Waals surface area (Å²) >= 11 is 0. The lowest BCUT2D eigenvalue weighted by molar-refractivity contribution is -0.145. The minimum absolute atomic E-state index is 0.0332. The molecule has 0 rings (SSSR count). The molecule has 0 aromatic carbocycles. The molecule has 0 amide bonds. The highest BCUT2D eigenvalue weighted by atomic mass is 16.6. The van der Waals surface area contributed by atoms with E-state index in [1.54, 1.807) is 13.8 Å². The van der Waals surface area contributed by atoms with E-state index in [9.17, 15) is 71.9 Å². The predicted molar refractivity (Wildman–Crippen MR) is 617 cm³/mol. The summed E-state index contributed by atoms with van der Waals surface area (Å²) in [6.07, 6.45) is 32.4. The van der Waals surface area contributed by atoms with Crippen molar-refractivity contribution in [2.45, 2.75) is 534 Å². The van der Waals surface area contributed by atoms with Gasteiger partial charge >= 0.3 is 77.6 Å². The van der Waals surface area contributed by atoms with Gasteiger partial charge in [-0.2, -0.15) is 0 Å². The van der Waals surface area contributed by atoms with Crippen LogP contribution in [0.5, 0.6) is 0 Å². The Hall–Kier alpha value is -7.55. The summed E-state index contributed by atoms with van der Waals surface area (Å²) in [4.78, 5) is 160. The van der Waals surface area contributed by atoms with Crippen molar-refractivity contribution in [3.8, 4) is 0 Å². The molecule has 0 aromatic heterocycles. The zero-order chi connectivity index (χ0) is 120. The van der Waals surface area contributed by atoms with E-state index in [4.69, 9.17) is 47.7 Å². The number of esters is 12. The predicted octanol–water partition coefficient (Wildman–Crippen LogP) is 31.7. The number of rotatable bonds is 63. The topological polar surface area (TPSA) is 387 Å². The smallest absolute Gasteiger partial charge is 0.306 e. The minimum Gasteiger partial charge on any atom is -0.481 e. The van der Waals surface area contributed by atoms with Crippen LogP contribution in [0.3, 0.4) is 0 Å². The summed E-state index contributed by atoms with van der Waals surface area (Å²) in [5.41, 5.74) is 0. The first-order valence-electron chi connectivity index (χ1n) is 57.7. The van der Waals surface area contributed by atoms with Gasteiger partial charge < -0.3 is 71.5 Å². The molecule has 900 valence electrons. The Kier molecular flexibility index (Phi) is 161. The fourth-order valence-corrected chi connectivity index (χ4v) is 10.3. The minimum atomic E-state index is -0.696. The van der Waals surface area contributed by atoms with Gasteiger partial charge in [0.2, 0.25) is 0 Å². The second-order valence-electron chi connectivity index (χ2n) is 43.4. The van der Waals surface area contributed by atoms with Crippen molar-refractivity contribution < 1.29 is 134 Å². The van der Waals surface area contributed by atoms with Crippen molar-refractivity contribution in [3.63, 3.8) is 0 Å². The van der Waals surface area contributed by atoms with E-state index in [0.29, 0.717) is 232 Å². The van der Waals surface area contributed by atoms with Crippen LogP contribution < -0.4 is 0 Å². The fourth-order valence-electron chi connectivity index (χ4n) is 10.3. The Balaban J connectivity index is -0.000000100. The monoisotopic (exact) mass is 2160 g/mol. The molecule has 0 aliphatic rings. The number of unbranched alkanes of at least 4 members (excludes halogenated alkanes) is 3. The van der Waals surface area contributed by atoms with Gasteiger partial charge in [0.05, 0.1) is 80.8 Å². The molecule has 0 aliphatic carbocycles. The Labute approximate surface area is 922 Å². The Morgan fingerprint density at radius 1 is 0.173 bits per heavy atom. The van der Waals surface area contributed by atoms with Gasteiger partial charge in [0, 0.05) is 96.3 Å². The van der Waals surface area contributed by atoms with Crippen molar-refractivity contribution >= 4 is 89.2 Å². The van der Waals surface area contributed by atoms with Crippen LogP contribution in [0, 0.1) is 88.8 Å². The number of ketones is 2. The third-order valence-corrected chi connectivity index (χ3v) is 18.9. The lowest BCUT2D eigenvalue weighted by atomic mass is 10.1. The largest absolute Gasteiger partial charge is 0.481 e.